The molecule has 1 aliphatic heterocycles. The van der Waals surface area contributed by atoms with Gasteiger partial charge in [-0.1, -0.05) is 23.7 Å². The molecule has 1 amide bonds. The van der Waals surface area contributed by atoms with Crippen molar-refractivity contribution in [2.24, 2.45) is 0 Å². The molecule has 2 atom stereocenters. The number of hydrogen-bond acceptors (Lipinski definition) is 7. The Morgan fingerprint density at radius 2 is 2.00 bits per heavy atom. The molecule has 1 fully saturated rings. The minimum Gasteiger partial charge on any atom is -0.467 e. The molecule has 2 N–H and O–H groups in total. The zero-order chi connectivity index (χ0) is 22.1. The number of halogens is 4. The fraction of sp³-hybridized carbons (Fsp3) is 0.333. The molecule has 0 spiro atoms. The van der Waals surface area contributed by atoms with Gasteiger partial charge in [-0.05, 0) is 30.8 Å². The van der Waals surface area contributed by atoms with Crippen LogP contribution in [0.1, 0.15) is 17.3 Å². The lowest BCUT2D eigenvalue weighted by molar-refractivity contribution is -0.154. The second-order valence-electron chi connectivity index (χ2n) is 5.93. The summed E-state index contributed by atoms with van der Waals surface area (Å²) in [5.74, 6) is -0.174. The van der Waals surface area contributed by atoms with Gasteiger partial charge >= 0.3 is 12.3 Å². The molecule has 0 radical (unpaired) electrons. The van der Waals surface area contributed by atoms with E-state index in [9.17, 15) is 22.8 Å². The fourth-order valence-corrected chi connectivity index (χ4v) is 2.46. The van der Waals surface area contributed by atoms with Crippen molar-refractivity contribution in [3.8, 4) is 5.88 Å². The lowest BCUT2D eigenvalue weighted by Crippen LogP contribution is -2.21. The minimum absolute atomic E-state index is 0.174. The monoisotopic (exact) mass is 446 g/mol. The number of cyclic esters (lactones) is 1. The first kappa shape index (κ1) is 23.4. The van der Waals surface area contributed by atoms with Gasteiger partial charge in [-0.3, -0.25) is 4.79 Å². The highest BCUT2D eigenvalue weighted by Crippen LogP contribution is 2.23. The van der Waals surface area contributed by atoms with Gasteiger partial charge in [0, 0.05) is 11.1 Å². The van der Waals surface area contributed by atoms with Gasteiger partial charge in [0.15, 0.2) is 19.0 Å². The predicted molar refractivity (Wildman–Crippen MR) is 100 cm³/mol. The highest BCUT2D eigenvalue weighted by atomic mass is 35.5. The van der Waals surface area contributed by atoms with E-state index in [0.29, 0.717) is 23.5 Å². The molecule has 2 aromatic rings. The maximum atomic E-state index is 12.1. The number of rotatable bonds is 6. The van der Waals surface area contributed by atoms with Crippen LogP contribution in [0.4, 0.5) is 18.0 Å². The van der Waals surface area contributed by atoms with Crippen molar-refractivity contribution >= 4 is 24.0 Å². The number of benzene rings is 1. The molecular formula is C18H18ClF3N4O4. The summed E-state index contributed by atoms with van der Waals surface area (Å²) in [6, 6.07) is 9.83. The molecule has 3 rings (SSSR count). The Bertz CT molecular complexity index is 835. The van der Waals surface area contributed by atoms with Crippen molar-refractivity contribution < 1.29 is 32.2 Å². The number of alkyl halides is 3. The standard InChI is InChI=1S/C14H13ClF3N3O.C4H5NO3/c1-19-13(9-2-4-10(15)5-3-9)11-6-7-12(21-20-11)22-8-14(16,17)18;6-2-3-1-5-4(7)8-3/h2-7,13,19H,8H2,1H3;2-3H,1H2,(H,5,7). The number of carbonyl (C=O) groups is 2. The molecule has 30 heavy (non-hydrogen) atoms. The van der Waals surface area contributed by atoms with E-state index in [1.807, 2.05) is 12.1 Å². The molecule has 162 valence electrons. The van der Waals surface area contributed by atoms with Crippen LogP contribution in [0, 0.1) is 0 Å². The molecule has 1 saturated heterocycles. The first-order valence-electron chi connectivity index (χ1n) is 8.57. The van der Waals surface area contributed by atoms with Gasteiger partial charge in [0.25, 0.3) is 0 Å². The van der Waals surface area contributed by atoms with E-state index < -0.39 is 25.0 Å². The third-order valence-electron chi connectivity index (χ3n) is 3.69. The second kappa shape index (κ2) is 10.7. The van der Waals surface area contributed by atoms with Crippen molar-refractivity contribution in [1.29, 1.82) is 0 Å². The number of amides is 1. The fourth-order valence-electron chi connectivity index (χ4n) is 2.34. The first-order chi connectivity index (χ1) is 14.2. The van der Waals surface area contributed by atoms with Crippen molar-refractivity contribution in [3.05, 3.63) is 52.7 Å². The summed E-state index contributed by atoms with van der Waals surface area (Å²) in [6.07, 6.45) is -4.89. The number of alkyl carbamates (subject to hydrolysis) is 1. The number of carbonyl (C=O) groups excluding carboxylic acids is 2. The van der Waals surface area contributed by atoms with Crippen LogP contribution in [0.3, 0.4) is 0 Å². The zero-order valence-electron chi connectivity index (χ0n) is 15.6. The molecule has 0 aliphatic carbocycles. The van der Waals surface area contributed by atoms with Crippen molar-refractivity contribution in [3.63, 3.8) is 0 Å². The lowest BCUT2D eigenvalue weighted by atomic mass is 10.0. The summed E-state index contributed by atoms with van der Waals surface area (Å²) < 4.78 is 45.1. The topological polar surface area (TPSA) is 102 Å². The summed E-state index contributed by atoms with van der Waals surface area (Å²) >= 11 is 5.84. The summed E-state index contributed by atoms with van der Waals surface area (Å²) in [4.78, 5) is 20.0. The van der Waals surface area contributed by atoms with Crippen molar-refractivity contribution in [2.45, 2.75) is 18.3 Å². The number of aldehydes is 1. The molecular weight excluding hydrogens is 429 g/mol. The third kappa shape index (κ3) is 7.48. The van der Waals surface area contributed by atoms with Gasteiger partial charge < -0.3 is 20.1 Å². The van der Waals surface area contributed by atoms with E-state index in [2.05, 4.69) is 30.3 Å². The quantitative estimate of drug-likeness (QED) is 0.658. The Kier molecular flexibility index (Phi) is 8.36. The molecule has 0 saturated carbocycles. The first-order valence-corrected chi connectivity index (χ1v) is 8.95. The maximum absolute atomic E-state index is 12.1. The molecule has 1 aromatic heterocycles. The number of hydrogen-bond donors (Lipinski definition) is 2. The van der Waals surface area contributed by atoms with Crippen molar-refractivity contribution in [2.75, 3.05) is 20.2 Å². The van der Waals surface area contributed by atoms with Crippen LogP contribution in [0.5, 0.6) is 5.88 Å². The Morgan fingerprint density at radius 3 is 2.43 bits per heavy atom. The molecule has 12 heteroatoms. The molecule has 2 unspecified atom stereocenters. The number of ether oxygens (including phenoxy) is 2. The number of nitrogens with zero attached hydrogens (tertiary/aromatic N) is 2. The van der Waals surface area contributed by atoms with E-state index >= 15 is 0 Å². The Balaban J connectivity index is 0.000000335. The Labute approximate surface area is 174 Å². The Morgan fingerprint density at radius 1 is 1.30 bits per heavy atom. The minimum atomic E-state index is -4.41. The van der Waals surface area contributed by atoms with Gasteiger partial charge in [-0.25, -0.2) is 4.79 Å². The summed E-state index contributed by atoms with van der Waals surface area (Å²) in [7, 11) is 1.75. The van der Waals surface area contributed by atoms with Crippen LogP contribution in [0.2, 0.25) is 5.02 Å². The molecule has 2 heterocycles. The molecule has 1 aliphatic rings. The largest absolute Gasteiger partial charge is 0.467 e. The van der Waals surface area contributed by atoms with Gasteiger partial charge in [0.05, 0.1) is 18.3 Å². The van der Waals surface area contributed by atoms with Crippen LogP contribution >= 0.6 is 11.6 Å². The van der Waals surface area contributed by atoms with Gasteiger partial charge in [-0.2, -0.15) is 13.2 Å². The summed E-state index contributed by atoms with van der Waals surface area (Å²) in [5, 5.41) is 13.6. The number of aromatic nitrogens is 2. The van der Waals surface area contributed by atoms with E-state index in [4.69, 9.17) is 11.6 Å². The van der Waals surface area contributed by atoms with Gasteiger partial charge in [0.2, 0.25) is 5.88 Å². The smallest absolute Gasteiger partial charge is 0.422 e. The summed E-state index contributed by atoms with van der Waals surface area (Å²) in [5.41, 5.74) is 1.47. The van der Waals surface area contributed by atoms with Crippen LogP contribution < -0.4 is 15.4 Å². The van der Waals surface area contributed by atoms with Gasteiger partial charge in [0.1, 0.15) is 0 Å². The third-order valence-corrected chi connectivity index (χ3v) is 3.94. The van der Waals surface area contributed by atoms with Crippen molar-refractivity contribution in [1.82, 2.24) is 20.8 Å². The normalized spacial score (nSPS) is 16.6. The molecule has 0 bridgehead atoms. The molecule has 8 nitrogen and oxygen atoms in total. The lowest BCUT2D eigenvalue weighted by Gasteiger charge is -2.16. The van der Waals surface area contributed by atoms with E-state index in [1.165, 1.54) is 6.07 Å². The SMILES string of the molecule is CNC(c1ccc(Cl)cc1)c1ccc(OCC(F)(F)F)nn1.O=CC1CNC(=O)O1. The van der Waals surface area contributed by atoms with Gasteiger partial charge in [-0.15, -0.1) is 10.2 Å². The Hall–Kier alpha value is -2.92. The predicted octanol–water partition coefficient (Wildman–Crippen LogP) is 2.67. The number of nitrogens with one attached hydrogen (secondary N) is 2. The highest BCUT2D eigenvalue weighted by Gasteiger charge is 2.28. The summed E-state index contributed by atoms with van der Waals surface area (Å²) in [6.45, 7) is -1.09. The van der Waals surface area contributed by atoms with Crippen LogP contribution in [-0.4, -0.2) is 55.1 Å². The van der Waals surface area contributed by atoms with E-state index in [1.54, 1.807) is 25.2 Å². The average Bonchev–Trinajstić information content (AvgIpc) is 3.15. The van der Waals surface area contributed by atoms with E-state index in [-0.39, 0.29) is 11.9 Å². The zero-order valence-corrected chi connectivity index (χ0v) is 16.4. The van der Waals surface area contributed by atoms with Crippen LogP contribution in [0.15, 0.2) is 36.4 Å². The highest BCUT2D eigenvalue weighted by molar-refractivity contribution is 6.30. The second-order valence-corrected chi connectivity index (χ2v) is 6.37. The van der Waals surface area contributed by atoms with Crippen LogP contribution in [-0.2, 0) is 9.53 Å². The van der Waals surface area contributed by atoms with Crippen LogP contribution in [0.25, 0.3) is 0 Å². The maximum Gasteiger partial charge on any atom is 0.422 e. The van der Waals surface area contributed by atoms with E-state index in [0.717, 1.165) is 5.56 Å². The average molecular weight is 447 g/mol. The molecule has 1 aromatic carbocycles.